The highest BCUT2D eigenvalue weighted by Gasteiger charge is 2.14. The van der Waals surface area contributed by atoms with E-state index in [1.54, 1.807) is 13.0 Å². The number of methoxy groups -OCH3 is 1. The molecule has 2 N–H and O–H groups in total. The van der Waals surface area contributed by atoms with Gasteiger partial charge in [0.25, 0.3) is 0 Å². The normalized spacial score (nSPS) is 10.4. The van der Waals surface area contributed by atoms with E-state index < -0.39 is 0 Å². The first-order valence-electron chi connectivity index (χ1n) is 4.77. The molecule has 0 radical (unpaired) electrons. The van der Waals surface area contributed by atoms with Gasteiger partial charge in [0.15, 0.2) is 11.5 Å². The molecule has 0 saturated heterocycles. The van der Waals surface area contributed by atoms with Crippen LogP contribution in [0.3, 0.4) is 0 Å². The number of hydrogen-bond acceptors (Lipinski definition) is 3. The van der Waals surface area contributed by atoms with E-state index >= 15 is 0 Å². The molecule has 0 heterocycles. The molecule has 1 aromatic carbocycles. The highest BCUT2D eigenvalue weighted by atomic mass is 35.5. The van der Waals surface area contributed by atoms with Crippen molar-refractivity contribution in [3.8, 4) is 11.5 Å². The highest BCUT2D eigenvalue weighted by molar-refractivity contribution is 6.31. The molecular formula is C11H15ClO3. The summed E-state index contributed by atoms with van der Waals surface area (Å²) in [7, 11) is 1.49. The maximum absolute atomic E-state index is 9.86. The number of phenols is 1. The van der Waals surface area contributed by atoms with Crippen molar-refractivity contribution >= 4 is 11.6 Å². The lowest BCUT2D eigenvalue weighted by Gasteiger charge is -2.12. The minimum absolute atomic E-state index is 0.0905. The second-order valence-corrected chi connectivity index (χ2v) is 3.76. The molecule has 0 bridgehead atoms. The van der Waals surface area contributed by atoms with Crippen molar-refractivity contribution < 1.29 is 14.9 Å². The van der Waals surface area contributed by atoms with Gasteiger partial charge in [0.2, 0.25) is 0 Å². The number of aliphatic hydroxyl groups is 1. The van der Waals surface area contributed by atoms with Gasteiger partial charge in [0.05, 0.1) is 7.11 Å². The second-order valence-electron chi connectivity index (χ2n) is 3.35. The minimum atomic E-state index is 0.0905. The van der Waals surface area contributed by atoms with E-state index in [1.807, 2.05) is 0 Å². The zero-order valence-corrected chi connectivity index (χ0v) is 9.64. The third-order valence-electron chi connectivity index (χ3n) is 2.33. The maximum Gasteiger partial charge on any atom is 0.165 e. The summed E-state index contributed by atoms with van der Waals surface area (Å²) in [6.07, 6.45) is 1.18. The van der Waals surface area contributed by atoms with Crippen molar-refractivity contribution in [3.63, 3.8) is 0 Å². The number of aromatic hydroxyl groups is 1. The number of hydrogen-bond donors (Lipinski definition) is 2. The second kappa shape index (κ2) is 5.24. The molecule has 3 nitrogen and oxygen atoms in total. The zero-order valence-electron chi connectivity index (χ0n) is 8.88. The molecule has 0 aliphatic carbocycles. The van der Waals surface area contributed by atoms with Crippen LogP contribution in [0.25, 0.3) is 0 Å². The molecule has 1 aromatic rings. The van der Waals surface area contributed by atoms with E-state index in [9.17, 15) is 5.11 Å². The first kappa shape index (κ1) is 12.1. The van der Waals surface area contributed by atoms with Gasteiger partial charge >= 0.3 is 0 Å². The Labute approximate surface area is 94.3 Å². The predicted octanol–water partition coefficient (Wildman–Crippen LogP) is 2.29. The number of phenolic OH excluding ortho intramolecular Hbond substituents is 1. The Balaban J connectivity index is 3.12. The van der Waals surface area contributed by atoms with Crippen LogP contribution >= 0.6 is 11.6 Å². The van der Waals surface area contributed by atoms with E-state index in [0.29, 0.717) is 29.2 Å². The van der Waals surface area contributed by atoms with E-state index in [4.69, 9.17) is 21.4 Å². The predicted molar refractivity (Wildman–Crippen MR) is 59.8 cm³/mol. The van der Waals surface area contributed by atoms with Crippen molar-refractivity contribution in [3.05, 3.63) is 22.2 Å². The topological polar surface area (TPSA) is 49.7 Å². The molecule has 0 unspecified atom stereocenters. The van der Waals surface area contributed by atoms with Crippen molar-refractivity contribution in [1.29, 1.82) is 0 Å². The van der Waals surface area contributed by atoms with Gasteiger partial charge in [-0.15, -0.1) is 0 Å². The third kappa shape index (κ3) is 2.55. The summed E-state index contributed by atoms with van der Waals surface area (Å²) < 4.78 is 5.08. The molecule has 0 aliphatic heterocycles. The zero-order chi connectivity index (χ0) is 11.4. The molecule has 84 valence electrons. The van der Waals surface area contributed by atoms with Crippen molar-refractivity contribution in [2.45, 2.75) is 19.8 Å². The Morgan fingerprint density at radius 2 is 2.13 bits per heavy atom. The molecule has 0 saturated carbocycles. The molecule has 0 fully saturated rings. The van der Waals surface area contributed by atoms with Crippen molar-refractivity contribution in [1.82, 2.24) is 0 Å². The van der Waals surface area contributed by atoms with Crippen LogP contribution in [0.15, 0.2) is 6.07 Å². The number of benzene rings is 1. The monoisotopic (exact) mass is 230 g/mol. The molecule has 0 amide bonds. The fourth-order valence-corrected chi connectivity index (χ4v) is 1.69. The van der Waals surface area contributed by atoms with Gasteiger partial charge in [-0.3, -0.25) is 0 Å². The van der Waals surface area contributed by atoms with Gasteiger partial charge < -0.3 is 14.9 Å². The number of halogens is 1. The minimum Gasteiger partial charge on any atom is -0.504 e. The lowest BCUT2D eigenvalue weighted by atomic mass is 10.1. The molecular weight excluding hydrogens is 216 g/mol. The van der Waals surface area contributed by atoms with Crippen LogP contribution in [0, 0.1) is 6.92 Å². The number of aryl methyl sites for hydroxylation is 1. The summed E-state index contributed by atoms with van der Waals surface area (Å²) in [5, 5.41) is 19.1. The Hall–Kier alpha value is -0.930. The Morgan fingerprint density at radius 1 is 1.47 bits per heavy atom. The van der Waals surface area contributed by atoms with E-state index in [0.717, 1.165) is 5.56 Å². The van der Waals surface area contributed by atoms with Crippen LogP contribution in [-0.2, 0) is 6.42 Å². The lowest BCUT2D eigenvalue weighted by Crippen LogP contribution is -1.95. The van der Waals surface area contributed by atoms with E-state index in [1.165, 1.54) is 7.11 Å². The average Bonchev–Trinajstić information content (AvgIpc) is 2.22. The van der Waals surface area contributed by atoms with Crippen LogP contribution in [0.4, 0.5) is 0 Å². The number of ether oxygens (including phenoxy) is 1. The fraction of sp³-hybridized carbons (Fsp3) is 0.455. The Kier molecular flexibility index (Phi) is 4.24. The molecule has 0 spiro atoms. The Bertz CT molecular complexity index is 350. The van der Waals surface area contributed by atoms with Gasteiger partial charge in [-0.05, 0) is 31.4 Å². The van der Waals surface area contributed by atoms with E-state index in [2.05, 4.69) is 0 Å². The summed E-state index contributed by atoms with van der Waals surface area (Å²) in [5.41, 5.74) is 1.43. The van der Waals surface area contributed by atoms with Gasteiger partial charge in [0.1, 0.15) is 0 Å². The molecule has 0 aromatic heterocycles. The molecule has 0 aliphatic rings. The van der Waals surface area contributed by atoms with Crippen LogP contribution < -0.4 is 4.74 Å². The van der Waals surface area contributed by atoms with E-state index in [-0.39, 0.29) is 12.4 Å². The fourth-order valence-electron chi connectivity index (χ4n) is 1.47. The van der Waals surface area contributed by atoms with Crippen LogP contribution in [0.5, 0.6) is 11.5 Å². The number of aliphatic hydroxyl groups excluding tert-OH is 1. The maximum atomic E-state index is 9.86. The molecule has 15 heavy (non-hydrogen) atoms. The SMILES string of the molecule is COc1c(C)c(Cl)cc(CCCO)c1O. The quantitative estimate of drug-likeness (QED) is 0.835. The summed E-state index contributed by atoms with van der Waals surface area (Å²) in [6, 6.07) is 1.71. The summed E-state index contributed by atoms with van der Waals surface area (Å²) >= 11 is 6.00. The van der Waals surface area contributed by atoms with Crippen LogP contribution in [0.1, 0.15) is 17.5 Å². The van der Waals surface area contributed by atoms with Crippen molar-refractivity contribution in [2.75, 3.05) is 13.7 Å². The third-order valence-corrected chi connectivity index (χ3v) is 2.72. The average molecular weight is 231 g/mol. The standard InChI is InChI=1S/C11H15ClO3/c1-7-9(12)6-8(4-3-5-13)10(14)11(7)15-2/h6,13-14H,3-5H2,1-2H3. The van der Waals surface area contributed by atoms with Gasteiger partial charge in [-0.1, -0.05) is 11.6 Å². The van der Waals surface area contributed by atoms with Gasteiger partial charge in [-0.25, -0.2) is 0 Å². The van der Waals surface area contributed by atoms with Crippen LogP contribution in [0.2, 0.25) is 5.02 Å². The molecule has 4 heteroatoms. The highest BCUT2D eigenvalue weighted by Crippen LogP contribution is 2.38. The summed E-state index contributed by atoms with van der Waals surface area (Å²) in [6.45, 7) is 1.88. The summed E-state index contributed by atoms with van der Waals surface area (Å²) in [4.78, 5) is 0. The first-order chi connectivity index (χ1) is 7.11. The molecule has 0 atom stereocenters. The van der Waals surface area contributed by atoms with Gasteiger partial charge in [0, 0.05) is 17.2 Å². The molecule has 1 rings (SSSR count). The number of rotatable bonds is 4. The van der Waals surface area contributed by atoms with Gasteiger partial charge in [-0.2, -0.15) is 0 Å². The lowest BCUT2D eigenvalue weighted by molar-refractivity contribution is 0.287. The largest absolute Gasteiger partial charge is 0.504 e. The van der Waals surface area contributed by atoms with Crippen LogP contribution in [-0.4, -0.2) is 23.9 Å². The van der Waals surface area contributed by atoms with Crippen molar-refractivity contribution in [2.24, 2.45) is 0 Å². The smallest absolute Gasteiger partial charge is 0.165 e. The Morgan fingerprint density at radius 3 is 2.67 bits per heavy atom. The summed E-state index contributed by atoms with van der Waals surface area (Å²) in [5.74, 6) is 0.531. The first-order valence-corrected chi connectivity index (χ1v) is 5.15.